The highest BCUT2D eigenvalue weighted by atomic mass is 15.1. The summed E-state index contributed by atoms with van der Waals surface area (Å²) in [5.41, 5.74) is 0. The molecule has 1 N–H and O–H groups in total. The van der Waals surface area contributed by atoms with Crippen molar-refractivity contribution in [2.75, 3.05) is 19.6 Å². The van der Waals surface area contributed by atoms with Gasteiger partial charge in [-0.1, -0.05) is 58.8 Å². The predicted molar refractivity (Wildman–Crippen MR) is 81.5 cm³/mol. The van der Waals surface area contributed by atoms with Crippen molar-refractivity contribution in [3.63, 3.8) is 0 Å². The molecule has 1 rings (SSSR count). The molecule has 0 aromatic carbocycles. The summed E-state index contributed by atoms with van der Waals surface area (Å²) in [5.74, 6) is 0.989. The van der Waals surface area contributed by atoms with Crippen LogP contribution < -0.4 is 4.90 Å². The molecule has 0 spiro atoms. The number of hydrogen-bond donors (Lipinski definition) is 1. The van der Waals surface area contributed by atoms with Crippen LogP contribution in [0.4, 0.5) is 0 Å². The number of hydrogen-bond acceptors (Lipinski definition) is 1. The summed E-state index contributed by atoms with van der Waals surface area (Å²) in [5, 5.41) is 6.25. The summed E-state index contributed by atoms with van der Waals surface area (Å²) in [6, 6.07) is 0. The first kappa shape index (κ1) is 18.4. The largest absolute Gasteiger partial charge is 0.512 e. The highest BCUT2D eigenvalue weighted by Crippen LogP contribution is 2.09. The van der Waals surface area contributed by atoms with Gasteiger partial charge >= 0.3 is 0 Å². The Bertz CT molecular complexity index is 201. The lowest BCUT2D eigenvalue weighted by Gasteiger charge is -2.12. The molecule has 0 radical (unpaired) electrons. The van der Waals surface area contributed by atoms with Gasteiger partial charge in [0.2, 0.25) is 0 Å². The van der Waals surface area contributed by atoms with Crippen LogP contribution in [-0.4, -0.2) is 19.6 Å². The van der Waals surface area contributed by atoms with Gasteiger partial charge in [-0.15, -0.1) is 0 Å². The third-order valence-corrected chi connectivity index (χ3v) is 4.26. The maximum absolute atomic E-state index is 6.25. The summed E-state index contributed by atoms with van der Waals surface area (Å²) in [4.78, 5) is 1.88. The Hall–Kier alpha value is -0.550. The van der Waals surface area contributed by atoms with E-state index in [0.29, 0.717) is 0 Å². The number of rotatable bonds is 10. The van der Waals surface area contributed by atoms with Crippen LogP contribution in [0.15, 0.2) is 0 Å². The van der Waals surface area contributed by atoms with E-state index in [1.165, 1.54) is 83.8 Å². The second kappa shape index (κ2) is 13.9. The van der Waals surface area contributed by atoms with Crippen molar-refractivity contribution >= 4 is 0 Å². The molecule has 2 unspecified atom stereocenters. The first-order chi connectivity index (χ1) is 9.33. The first-order valence-electron chi connectivity index (χ1n) is 8.39. The summed E-state index contributed by atoms with van der Waals surface area (Å²) in [6.45, 7) is 13.8. The quantitative estimate of drug-likeness (QED) is 0.475. The van der Waals surface area contributed by atoms with Gasteiger partial charge in [-0.3, -0.25) is 0 Å². The van der Waals surface area contributed by atoms with Crippen molar-refractivity contribution < 1.29 is 4.90 Å². The lowest BCUT2D eigenvalue weighted by molar-refractivity contribution is -0.889. The van der Waals surface area contributed by atoms with E-state index in [9.17, 15) is 0 Å². The molecule has 2 nitrogen and oxygen atoms in total. The maximum atomic E-state index is 6.25. The molecule has 2 heteroatoms. The van der Waals surface area contributed by atoms with E-state index in [-0.39, 0.29) is 0 Å². The van der Waals surface area contributed by atoms with Crippen LogP contribution in [0, 0.1) is 17.8 Å². The van der Waals surface area contributed by atoms with Gasteiger partial charge in [0.25, 0.3) is 0 Å². The van der Waals surface area contributed by atoms with Crippen LogP contribution in [0.1, 0.15) is 78.1 Å². The van der Waals surface area contributed by atoms with Crippen LogP contribution in [-0.2, 0) is 0 Å². The van der Waals surface area contributed by atoms with Crippen LogP contribution in [0.3, 0.4) is 0 Å². The molecule has 0 aliphatic carbocycles. The van der Waals surface area contributed by atoms with Gasteiger partial charge in [0.05, 0.1) is 19.6 Å². The fourth-order valence-electron chi connectivity index (χ4n) is 3.06. The molecule has 0 aromatic heterocycles. The molecule has 1 saturated heterocycles. The van der Waals surface area contributed by atoms with Crippen LogP contribution in [0.5, 0.6) is 0 Å². The van der Waals surface area contributed by atoms with Crippen molar-refractivity contribution in [2.45, 2.75) is 78.1 Å². The van der Waals surface area contributed by atoms with E-state index in [4.69, 9.17) is 11.8 Å². The first-order valence-corrected chi connectivity index (χ1v) is 8.39. The van der Waals surface area contributed by atoms with Crippen molar-refractivity contribution in [3.8, 4) is 0 Å². The Balaban J connectivity index is 0.00000154. The van der Waals surface area contributed by atoms with E-state index >= 15 is 0 Å². The molecule has 1 aliphatic heterocycles. The molecule has 0 saturated carbocycles. The summed E-state index contributed by atoms with van der Waals surface area (Å²) in [6.07, 6.45) is 14.6. The second-order valence-corrected chi connectivity index (χ2v) is 6.18. The zero-order valence-corrected chi connectivity index (χ0v) is 13.2. The van der Waals surface area contributed by atoms with Crippen molar-refractivity contribution in [1.82, 2.24) is 0 Å². The lowest BCUT2D eigenvalue weighted by Crippen LogP contribution is -3.10. The summed E-state index contributed by atoms with van der Waals surface area (Å²) in [7, 11) is 0. The normalized spacial score (nSPS) is 21.9. The number of likely N-dealkylation sites (tertiary alicyclic amines) is 1. The van der Waals surface area contributed by atoms with Crippen LogP contribution in [0.25, 0.3) is 0 Å². The van der Waals surface area contributed by atoms with Gasteiger partial charge in [-0.2, -0.15) is 0 Å². The van der Waals surface area contributed by atoms with E-state index in [2.05, 4.69) is 13.8 Å². The number of nitrogens with zero attached hydrogens (tertiary/aromatic N) is 1. The van der Waals surface area contributed by atoms with Gasteiger partial charge in [-0.25, -0.2) is 0 Å². The monoisotopic (exact) mass is 266 g/mol. The summed E-state index contributed by atoms with van der Waals surface area (Å²) >= 11 is 0. The van der Waals surface area contributed by atoms with Gasteiger partial charge < -0.3 is 16.7 Å². The Morgan fingerprint density at radius 2 is 1.47 bits per heavy atom. The Morgan fingerprint density at radius 3 is 1.95 bits per heavy atom. The topological polar surface area (TPSA) is 28.2 Å². The van der Waals surface area contributed by atoms with Crippen LogP contribution >= 0.6 is 0 Å². The van der Waals surface area contributed by atoms with Crippen molar-refractivity contribution in [2.24, 2.45) is 5.92 Å². The average molecular weight is 266 g/mol. The highest BCUT2D eigenvalue weighted by molar-refractivity contribution is 4.55. The molecule has 19 heavy (non-hydrogen) atoms. The van der Waals surface area contributed by atoms with Crippen molar-refractivity contribution in [1.29, 1.82) is 5.26 Å². The van der Waals surface area contributed by atoms with E-state index in [1.807, 2.05) is 4.90 Å². The predicted octanol–water partition coefficient (Wildman–Crippen LogP) is 3.54. The Labute approximate surface area is 121 Å². The minimum absolute atomic E-state index is 0.989. The average Bonchev–Trinajstić information content (AvgIpc) is 2.85. The van der Waals surface area contributed by atoms with Crippen molar-refractivity contribution in [3.05, 3.63) is 6.57 Å². The van der Waals surface area contributed by atoms with Gasteiger partial charge in [0, 0.05) is 12.3 Å². The minimum atomic E-state index is 0.989. The fraction of sp³-hybridized carbons (Fsp3) is 0.941. The summed E-state index contributed by atoms with van der Waals surface area (Å²) < 4.78 is 0. The molecule has 1 heterocycles. The van der Waals surface area contributed by atoms with Crippen LogP contribution in [0.2, 0.25) is 0 Å². The van der Waals surface area contributed by atoms with E-state index < -0.39 is 0 Å². The van der Waals surface area contributed by atoms with Gasteiger partial charge in [-0.05, 0) is 12.8 Å². The fourth-order valence-corrected chi connectivity index (χ4v) is 3.06. The minimum Gasteiger partial charge on any atom is -0.512 e. The zero-order valence-electron chi connectivity index (χ0n) is 13.2. The standard InChI is InChI=1S/C16H33N.CN/c1-3-4-5-6-7-8-9-10-11-13-17-14-12-16(2)15-17;1-2/h16H,3-15H2,1-2H3;/q;-1/p+1. The lowest BCUT2D eigenvalue weighted by atomic mass is 10.1. The maximum Gasteiger partial charge on any atom is 0.0799 e. The zero-order chi connectivity index (χ0) is 14.3. The third-order valence-electron chi connectivity index (χ3n) is 4.26. The third kappa shape index (κ3) is 11.0. The smallest absolute Gasteiger partial charge is 0.0799 e. The SMILES string of the molecule is CCCCCCCCCCC[NH+]1CCC(C)C1.[C-]#N. The second-order valence-electron chi connectivity index (χ2n) is 6.18. The van der Waals surface area contributed by atoms with Gasteiger partial charge in [0.15, 0.2) is 0 Å². The molecule has 0 bridgehead atoms. The molecule has 1 aliphatic rings. The molecular formula is C17H34N2. The molecule has 0 aromatic rings. The Kier molecular flexibility index (Phi) is 13.5. The number of nitrogens with one attached hydrogen (secondary N) is 1. The molecule has 0 amide bonds. The van der Waals surface area contributed by atoms with Gasteiger partial charge in [0.1, 0.15) is 0 Å². The van der Waals surface area contributed by atoms with E-state index in [1.54, 1.807) is 0 Å². The highest BCUT2D eigenvalue weighted by Gasteiger charge is 2.21. The molecule has 1 fully saturated rings. The molecular weight excluding hydrogens is 232 g/mol. The molecule has 112 valence electrons. The Morgan fingerprint density at radius 1 is 0.947 bits per heavy atom. The van der Waals surface area contributed by atoms with E-state index in [0.717, 1.165) is 5.92 Å². The number of unbranched alkanes of at least 4 members (excludes halogenated alkanes) is 8. The molecule has 2 atom stereocenters. The number of quaternary nitrogens is 1.